The van der Waals surface area contributed by atoms with Gasteiger partial charge in [0.25, 0.3) is 0 Å². The first-order valence-corrected chi connectivity index (χ1v) is 12.7. The number of H-pyrrole nitrogens is 1. The Labute approximate surface area is 217 Å². The van der Waals surface area contributed by atoms with E-state index in [1.165, 1.54) is 24.3 Å². The van der Waals surface area contributed by atoms with Gasteiger partial charge in [0.15, 0.2) is 0 Å². The zero-order chi connectivity index (χ0) is 27.5. The molecule has 206 valence electrons. The van der Waals surface area contributed by atoms with E-state index in [-0.39, 0.29) is 18.0 Å². The van der Waals surface area contributed by atoms with Crippen molar-refractivity contribution >= 4 is 0 Å². The Morgan fingerprint density at radius 1 is 0.895 bits per heavy atom. The van der Waals surface area contributed by atoms with Crippen LogP contribution < -0.4 is 0 Å². The molecule has 0 spiro atoms. The Morgan fingerprint density at radius 2 is 1.50 bits per heavy atom. The molecule has 3 atom stereocenters. The van der Waals surface area contributed by atoms with Crippen molar-refractivity contribution in [3.8, 4) is 0 Å². The highest BCUT2D eigenvalue weighted by Crippen LogP contribution is 2.43. The van der Waals surface area contributed by atoms with E-state index in [1.807, 2.05) is 0 Å². The molecule has 0 saturated carbocycles. The average molecular weight is 540 g/mol. The van der Waals surface area contributed by atoms with E-state index in [2.05, 4.69) is 39.4 Å². The van der Waals surface area contributed by atoms with Gasteiger partial charge in [-0.2, -0.15) is 26.3 Å². The van der Waals surface area contributed by atoms with Crippen molar-refractivity contribution in [3.05, 3.63) is 76.6 Å². The Morgan fingerprint density at radius 3 is 2.03 bits per heavy atom. The van der Waals surface area contributed by atoms with Crippen LogP contribution in [0.4, 0.5) is 26.3 Å². The molecule has 0 bridgehead atoms. The molecule has 38 heavy (non-hydrogen) atoms. The Bertz CT molecular complexity index is 1140. The van der Waals surface area contributed by atoms with Crippen molar-refractivity contribution in [3.63, 3.8) is 0 Å². The molecular weight excluding hydrogens is 508 g/mol. The van der Waals surface area contributed by atoms with Crippen molar-refractivity contribution in [1.82, 2.24) is 25.5 Å². The Kier molecular flexibility index (Phi) is 8.44. The highest BCUT2D eigenvalue weighted by atomic mass is 19.4. The number of likely N-dealkylation sites (tertiary alicyclic amines) is 1. The maximum absolute atomic E-state index is 13.2. The van der Waals surface area contributed by atoms with Crippen LogP contribution in [0.25, 0.3) is 0 Å². The number of halogens is 6. The second-order valence-corrected chi connectivity index (χ2v) is 10.4. The molecule has 1 aliphatic rings. The number of aromatic amines is 1. The van der Waals surface area contributed by atoms with E-state index in [0.29, 0.717) is 31.1 Å². The zero-order valence-corrected chi connectivity index (χ0v) is 21.2. The monoisotopic (exact) mass is 539 g/mol. The first kappa shape index (κ1) is 28.1. The topological polar surface area (TPSA) is 57.7 Å². The summed E-state index contributed by atoms with van der Waals surface area (Å²) in [5.41, 5.74) is 0.0998. The van der Waals surface area contributed by atoms with Crippen LogP contribution in [-0.2, 0) is 18.8 Å². The lowest BCUT2D eigenvalue weighted by Crippen LogP contribution is -2.40. The van der Waals surface area contributed by atoms with Crippen molar-refractivity contribution in [2.75, 3.05) is 6.54 Å². The SMILES string of the molecule is CC(C)CC[C@H](c1ccc(C(F)(F)F)cc1)N1CC[C@@H](Cc2nnn[nH]2)C[C@H]1c1ccc(C(F)(F)F)cc1. The largest absolute Gasteiger partial charge is 0.416 e. The molecule has 2 aromatic carbocycles. The van der Waals surface area contributed by atoms with Crippen LogP contribution in [0.5, 0.6) is 0 Å². The van der Waals surface area contributed by atoms with Gasteiger partial charge in [-0.05, 0) is 89.9 Å². The minimum absolute atomic E-state index is 0.181. The van der Waals surface area contributed by atoms with Gasteiger partial charge >= 0.3 is 12.4 Å². The molecule has 2 heterocycles. The number of hydrogen-bond acceptors (Lipinski definition) is 4. The fraction of sp³-hybridized carbons (Fsp3) is 0.519. The summed E-state index contributed by atoms with van der Waals surface area (Å²) >= 11 is 0. The maximum atomic E-state index is 13.2. The molecule has 0 radical (unpaired) electrons. The molecule has 1 fully saturated rings. The fourth-order valence-electron chi connectivity index (χ4n) is 5.28. The molecule has 4 rings (SSSR count). The minimum atomic E-state index is -4.44. The van der Waals surface area contributed by atoms with Crippen LogP contribution in [0.1, 0.15) is 79.7 Å². The van der Waals surface area contributed by atoms with E-state index >= 15 is 0 Å². The van der Waals surface area contributed by atoms with E-state index in [9.17, 15) is 26.3 Å². The lowest BCUT2D eigenvalue weighted by molar-refractivity contribution is -0.138. The van der Waals surface area contributed by atoms with Crippen molar-refractivity contribution in [2.45, 2.75) is 70.4 Å². The van der Waals surface area contributed by atoms with Gasteiger partial charge in [-0.3, -0.25) is 4.90 Å². The lowest BCUT2D eigenvalue weighted by Gasteiger charge is -2.45. The molecule has 11 heteroatoms. The third kappa shape index (κ3) is 6.92. The maximum Gasteiger partial charge on any atom is 0.416 e. The highest BCUT2D eigenvalue weighted by molar-refractivity contribution is 5.30. The van der Waals surface area contributed by atoms with Gasteiger partial charge in [0.1, 0.15) is 5.82 Å². The number of piperidine rings is 1. The summed E-state index contributed by atoms with van der Waals surface area (Å²) in [5, 5.41) is 14.0. The van der Waals surface area contributed by atoms with E-state index in [1.54, 1.807) is 0 Å². The van der Waals surface area contributed by atoms with Gasteiger partial charge in [-0.15, -0.1) is 5.10 Å². The fourth-order valence-corrected chi connectivity index (χ4v) is 5.28. The van der Waals surface area contributed by atoms with Crippen LogP contribution in [0.3, 0.4) is 0 Å². The zero-order valence-electron chi connectivity index (χ0n) is 21.2. The predicted octanol–water partition coefficient (Wildman–Crippen LogP) is 7.41. The Balaban J connectivity index is 1.68. The van der Waals surface area contributed by atoms with Crippen LogP contribution in [0.15, 0.2) is 48.5 Å². The molecule has 1 aliphatic heterocycles. The van der Waals surface area contributed by atoms with Gasteiger partial charge in [0.05, 0.1) is 11.1 Å². The standard InChI is InChI=1S/C27H31F6N5/c1-17(2)3-12-23(19-4-8-21(9-5-19)26(28,29)30)38-14-13-18(16-25-34-36-37-35-25)15-24(38)20-6-10-22(11-7-20)27(31,32)33/h4-11,17-18,23-24H,3,12-16H2,1-2H3,(H,34,35,36,37)/t18-,23-,24+/m1/s1. The quantitative estimate of drug-likeness (QED) is 0.303. The summed E-state index contributed by atoms with van der Waals surface area (Å²) in [4.78, 5) is 2.25. The number of nitrogens with zero attached hydrogens (tertiary/aromatic N) is 4. The van der Waals surface area contributed by atoms with Gasteiger partial charge in [0, 0.05) is 18.5 Å². The molecule has 1 N–H and O–H groups in total. The third-order valence-electron chi connectivity index (χ3n) is 7.29. The molecule has 5 nitrogen and oxygen atoms in total. The summed E-state index contributed by atoms with van der Waals surface area (Å²) in [6.45, 7) is 4.82. The number of tetrazole rings is 1. The van der Waals surface area contributed by atoms with Crippen molar-refractivity contribution in [1.29, 1.82) is 0 Å². The van der Waals surface area contributed by atoms with Gasteiger partial charge in [0.2, 0.25) is 0 Å². The third-order valence-corrected chi connectivity index (χ3v) is 7.29. The number of hydrogen-bond donors (Lipinski definition) is 1. The molecule has 1 saturated heterocycles. The average Bonchev–Trinajstić information content (AvgIpc) is 3.37. The summed E-state index contributed by atoms with van der Waals surface area (Å²) in [5.74, 6) is 1.22. The highest BCUT2D eigenvalue weighted by Gasteiger charge is 2.37. The molecule has 1 aromatic heterocycles. The van der Waals surface area contributed by atoms with Crippen LogP contribution in [0, 0.1) is 11.8 Å². The molecule has 0 unspecified atom stereocenters. The van der Waals surface area contributed by atoms with Crippen molar-refractivity contribution in [2.24, 2.45) is 11.8 Å². The predicted molar refractivity (Wildman–Crippen MR) is 130 cm³/mol. The summed E-state index contributed by atoms with van der Waals surface area (Å²) in [6, 6.07) is 10.1. The van der Waals surface area contributed by atoms with Crippen molar-refractivity contribution < 1.29 is 26.3 Å². The minimum Gasteiger partial charge on any atom is -0.289 e. The molecule has 0 aliphatic carbocycles. The first-order chi connectivity index (χ1) is 17.9. The van der Waals surface area contributed by atoms with Gasteiger partial charge in [-0.25, -0.2) is 5.10 Å². The number of nitrogens with one attached hydrogen (secondary N) is 1. The normalized spacial score (nSPS) is 20.1. The number of aromatic nitrogens is 4. The van der Waals surface area contributed by atoms with Gasteiger partial charge < -0.3 is 0 Å². The molecule has 0 amide bonds. The smallest absolute Gasteiger partial charge is 0.289 e. The Hall–Kier alpha value is -2.95. The summed E-state index contributed by atoms with van der Waals surface area (Å²) in [7, 11) is 0. The van der Waals surface area contributed by atoms with Crippen LogP contribution in [-0.4, -0.2) is 32.1 Å². The molecule has 3 aromatic rings. The molecular formula is C27H31F6N5. The second-order valence-electron chi connectivity index (χ2n) is 10.4. The van der Waals surface area contributed by atoms with Gasteiger partial charge in [-0.1, -0.05) is 38.1 Å². The summed E-state index contributed by atoms with van der Waals surface area (Å²) in [6.07, 6.45) is -5.22. The van der Waals surface area contributed by atoms with Crippen LogP contribution in [0.2, 0.25) is 0 Å². The summed E-state index contributed by atoms with van der Waals surface area (Å²) < 4.78 is 79.4. The number of rotatable bonds is 8. The second kappa shape index (κ2) is 11.4. The van der Waals surface area contributed by atoms with E-state index < -0.39 is 23.5 Å². The first-order valence-electron chi connectivity index (χ1n) is 12.7. The number of alkyl halides is 6. The van der Waals surface area contributed by atoms with Crippen LogP contribution >= 0.6 is 0 Å². The lowest BCUT2D eigenvalue weighted by atomic mass is 9.82. The van der Waals surface area contributed by atoms with E-state index in [0.717, 1.165) is 54.7 Å². The number of benzene rings is 2. The van der Waals surface area contributed by atoms with E-state index in [4.69, 9.17) is 0 Å².